The third-order valence-electron chi connectivity index (χ3n) is 11.8. The van der Waals surface area contributed by atoms with Crippen molar-refractivity contribution in [3.8, 4) is 0 Å². The van der Waals surface area contributed by atoms with E-state index in [-0.39, 0.29) is 10.7 Å². The molecule has 7 rings (SSSR count). The molecule has 3 aromatic rings. The van der Waals surface area contributed by atoms with Gasteiger partial charge in [0.2, 0.25) is 0 Å². The van der Waals surface area contributed by atoms with E-state index in [4.69, 9.17) is 33.5 Å². The Hall–Kier alpha value is -1.37. The summed E-state index contributed by atoms with van der Waals surface area (Å²) in [5.74, 6) is 1.31. The second kappa shape index (κ2) is 16.8. The van der Waals surface area contributed by atoms with Gasteiger partial charge in [0.25, 0.3) is 0 Å². The van der Waals surface area contributed by atoms with Gasteiger partial charge < -0.3 is 10.3 Å². The van der Waals surface area contributed by atoms with Gasteiger partial charge in [-0.25, -0.2) is 0 Å². The minimum absolute atomic E-state index is 0.278. The van der Waals surface area contributed by atoms with Gasteiger partial charge in [-0.05, 0) is 126 Å². The van der Waals surface area contributed by atoms with Crippen LogP contribution in [-0.2, 0) is 23.4 Å². The zero-order chi connectivity index (χ0) is 33.6. The van der Waals surface area contributed by atoms with E-state index in [1.165, 1.54) is 124 Å². The van der Waals surface area contributed by atoms with Crippen LogP contribution in [0.15, 0.2) is 71.7 Å². The second-order valence-electron chi connectivity index (χ2n) is 14.8. The number of amidine groups is 1. The Kier molecular flexibility index (Phi) is 12.7. The number of hydrogen-bond donors (Lipinski definition) is 0. The summed E-state index contributed by atoms with van der Waals surface area (Å²) < 4.78 is 1.87. The molecule has 0 bridgehead atoms. The van der Waals surface area contributed by atoms with E-state index < -0.39 is 7.92 Å². The van der Waals surface area contributed by atoms with Gasteiger partial charge in [0.15, 0.2) is 0 Å². The third-order valence-corrected chi connectivity index (χ3v) is 17.6. The predicted molar refractivity (Wildman–Crippen MR) is 208 cm³/mol. The molecule has 0 amide bonds. The number of aliphatic imine (C=N–C) groups is 1. The van der Waals surface area contributed by atoms with E-state index in [2.05, 4.69) is 80.2 Å². The molecular weight excluding hydrogens is 735 g/mol. The second-order valence-corrected chi connectivity index (χ2v) is 19.6. The van der Waals surface area contributed by atoms with E-state index in [9.17, 15) is 0 Å². The number of nitrogens with zero attached hydrogens (tertiary/aromatic N) is 2. The van der Waals surface area contributed by atoms with Gasteiger partial charge >= 0.3 is 79.5 Å². The van der Waals surface area contributed by atoms with Crippen molar-refractivity contribution in [3.63, 3.8) is 0 Å². The maximum atomic E-state index is 5.96. The molecule has 3 aromatic carbocycles. The Bertz CT molecular complexity index is 1510. The zero-order valence-corrected chi connectivity index (χ0v) is 33.2. The van der Waals surface area contributed by atoms with E-state index in [0.29, 0.717) is 10.0 Å². The maximum absolute atomic E-state index is 5.96. The molecule has 4 aliphatic rings. The van der Waals surface area contributed by atoms with Crippen molar-refractivity contribution in [2.45, 2.75) is 132 Å². The fourth-order valence-electron chi connectivity index (χ4n) is 9.53. The van der Waals surface area contributed by atoms with Crippen LogP contribution in [-0.4, -0.2) is 33.5 Å². The summed E-state index contributed by atoms with van der Waals surface area (Å²) >= 11 is 13.9. The van der Waals surface area contributed by atoms with Crippen LogP contribution in [0.5, 0.6) is 0 Å². The Morgan fingerprint density at radius 3 is 1.75 bits per heavy atom. The summed E-state index contributed by atoms with van der Waals surface area (Å²) in [5.41, 5.74) is 7.98. The SMILES string of the molecule is Cc1ccccc1C1(c2ccccc2C)C[N-]C(C2([PH+](C3CCCCC3)C3CCCCC3)CCCCC2)=N1.Clc1ccc([CH]=[Ru+])c(Cl)c1. The third kappa shape index (κ3) is 7.76. The Labute approximate surface area is 311 Å². The van der Waals surface area contributed by atoms with Crippen LogP contribution >= 0.6 is 31.1 Å². The molecule has 257 valence electrons. The van der Waals surface area contributed by atoms with Crippen molar-refractivity contribution in [2.75, 3.05) is 6.54 Å². The van der Waals surface area contributed by atoms with Crippen molar-refractivity contribution in [2.24, 2.45) is 4.99 Å². The summed E-state index contributed by atoms with van der Waals surface area (Å²) in [4.78, 5) is 5.96. The standard InChI is InChI=1S/C35H48N2P.C7H4Cl2.Ru/c1-27-16-10-12-22-31(27)35(32-23-13-11-17-28(32)2)26-36-33(37-35)34(24-14-5-15-25-34)38(29-18-6-3-7-19-29)30-20-8-4-9-21-30;1-5-2-3-6(8)4-7(5)9;/h10-13,16-17,22-23,29-30H,3-9,14-15,18-21,24-26H2,1-2H3;1-4H;/q-1;;+1/p+1. The summed E-state index contributed by atoms with van der Waals surface area (Å²) in [6, 6.07) is 23.4. The Balaban J connectivity index is 0.000000345. The number of halogens is 2. The molecule has 0 radical (unpaired) electrons. The molecule has 48 heavy (non-hydrogen) atoms. The molecule has 6 heteroatoms. The van der Waals surface area contributed by atoms with Gasteiger partial charge in [-0.2, -0.15) is 0 Å². The normalized spacial score (nSPS) is 21.1. The first-order valence-corrected chi connectivity index (χ1v) is 21.9. The first kappa shape index (κ1) is 36.4. The van der Waals surface area contributed by atoms with Gasteiger partial charge in [0.05, 0.1) is 16.5 Å². The molecule has 0 atom stereocenters. The van der Waals surface area contributed by atoms with Crippen molar-refractivity contribution in [1.29, 1.82) is 0 Å². The fourth-order valence-corrected chi connectivity index (χ4v) is 16.2. The predicted octanol–water partition coefficient (Wildman–Crippen LogP) is 12.6. The first-order valence-electron chi connectivity index (χ1n) is 18.5. The average Bonchev–Trinajstić information content (AvgIpc) is 3.57. The van der Waals surface area contributed by atoms with Gasteiger partial charge in [-0.15, -0.1) is 0 Å². The number of hydrogen-bond acceptors (Lipinski definition) is 1. The van der Waals surface area contributed by atoms with Crippen LogP contribution in [0.3, 0.4) is 0 Å². The monoisotopic (exact) mass is 788 g/mol. The molecule has 3 saturated carbocycles. The summed E-state index contributed by atoms with van der Waals surface area (Å²) in [6.07, 6.45) is 21.6. The molecule has 1 heterocycles. The molecule has 1 aliphatic heterocycles. The van der Waals surface area contributed by atoms with E-state index >= 15 is 0 Å². The Morgan fingerprint density at radius 1 is 0.729 bits per heavy atom. The van der Waals surface area contributed by atoms with Gasteiger partial charge in [-0.1, -0.05) is 67.8 Å². The van der Waals surface area contributed by atoms with Gasteiger partial charge in [-0.3, -0.25) is 0 Å². The Morgan fingerprint density at radius 2 is 1.25 bits per heavy atom. The van der Waals surface area contributed by atoms with Crippen molar-refractivity contribution >= 4 is 41.6 Å². The molecule has 0 spiro atoms. The topological polar surface area (TPSA) is 26.5 Å². The first-order chi connectivity index (χ1) is 23.4. The summed E-state index contributed by atoms with van der Waals surface area (Å²) in [7, 11) is -0.646. The minimum atomic E-state index is -0.646. The molecule has 3 aliphatic carbocycles. The fraction of sp³-hybridized carbons (Fsp3) is 0.524. The van der Waals surface area contributed by atoms with E-state index in [1.807, 2.05) is 16.7 Å². The van der Waals surface area contributed by atoms with E-state index in [0.717, 1.165) is 23.4 Å². The zero-order valence-electron chi connectivity index (χ0n) is 28.9. The van der Waals surface area contributed by atoms with Crippen LogP contribution in [0.2, 0.25) is 10.0 Å². The van der Waals surface area contributed by atoms with Gasteiger partial charge in [0, 0.05) is 13.5 Å². The number of benzene rings is 3. The van der Waals surface area contributed by atoms with Crippen LogP contribution in [0.25, 0.3) is 5.32 Å². The van der Waals surface area contributed by atoms with Crippen LogP contribution in [0.1, 0.15) is 124 Å². The van der Waals surface area contributed by atoms with Crippen molar-refractivity contribution in [1.82, 2.24) is 0 Å². The van der Waals surface area contributed by atoms with Crippen LogP contribution in [0.4, 0.5) is 0 Å². The number of aryl methyl sites for hydroxylation is 2. The molecule has 0 aromatic heterocycles. The molecule has 3 fully saturated rings. The number of rotatable bonds is 7. The quantitative estimate of drug-likeness (QED) is 0.168. The van der Waals surface area contributed by atoms with Crippen molar-refractivity contribution in [3.05, 3.63) is 110 Å². The molecular formula is C42H53Cl2N2PRu+. The molecule has 0 N–H and O–H groups in total. The molecule has 2 nitrogen and oxygen atoms in total. The molecule has 0 saturated heterocycles. The van der Waals surface area contributed by atoms with Gasteiger partial charge in [0.1, 0.15) is 0 Å². The van der Waals surface area contributed by atoms with E-state index in [1.54, 1.807) is 6.07 Å². The average molecular weight is 789 g/mol. The van der Waals surface area contributed by atoms with Crippen LogP contribution in [0, 0.1) is 13.8 Å². The van der Waals surface area contributed by atoms with Crippen LogP contribution < -0.4 is 0 Å². The molecule has 0 unspecified atom stereocenters. The summed E-state index contributed by atoms with van der Waals surface area (Å²) in [5, 5.41) is 7.24. The summed E-state index contributed by atoms with van der Waals surface area (Å²) in [6.45, 7) is 5.33. The van der Waals surface area contributed by atoms with Crippen molar-refractivity contribution < 1.29 is 17.9 Å².